The van der Waals surface area contributed by atoms with Gasteiger partial charge in [-0.25, -0.2) is 4.79 Å². The van der Waals surface area contributed by atoms with Crippen molar-refractivity contribution in [3.63, 3.8) is 0 Å². The average Bonchev–Trinajstić information content (AvgIpc) is 2.85. The van der Waals surface area contributed by atoms with Gasteiger partial charge in [-0.1, -0.05) is 19.6 Å². The molecule has 0 heterocycles. The van der Waals surface area contributed by atoms with Crippen LogP contribution in [0.25, 0.3) is 0 Å². The fourth-order valence-electron chi connectivity index (χ4n) is 2.81. The van der Waals surface area contributed by atoms with Crippen LogP contribution >= 0.6 is 0 Å². The molecule has 0 aliphatic rings. The van der Waals surface area contributed by atoms with E-state index in [1.165, 1.54) is 6.08 Å². The van der Waals surface area contributed by atoms with Gasteiger partial charge < -0.3 is 31.3 Å². The Morgan fingerprint density at radius 1 is 0.943 bits per heavy atom. The van der Waals surface area contributed by atoms with Crippen molar-refractivity contribution in [2.45, 2.75) is 64.5 Å². The van der Waals surface area contributed by atoms with Gasteiger partial charge in [-0.3, -0.25) is 24.0 Å². The number of amides is 2. The molecule has 5 N–H and O–H groups in total. The number of Topliss-reactive ketones (excluding diaryl/α,β-unsaturated/α-hetero) is 2. The minimum absolute atomic E-state index is 0.0745. The van der Waals surface area contributed by atoms with E-state index in [2.05, 4.69) is 17.2 Å². The van der Waals surface area contributed by atoms with E-state index in [1.54, 1.807) is 13.8 Å². The Labute approximate surface area is 204 Å². The molecule has 3 unspecified atom stereocenters. The minimum Gasteiger partial charge on any atom is -0.466 e. The number of nitrogens with one attached hydrogen (secondary N) is 3. The maximum Gasteiger partial charge on any atom is 0.328 e. The number of ether oxygens (including phenoxy) is 2. The van der Waals surface area contributed by atoms with Crippen LogP contribution in [0.5, 0.6) is 0 Å². The first-order valence-electron chi connectivity index (χ1n) is 11.4. The molecule has 0 saturated heterocycles. The first kappa shape index (κ1) is 31.6. The zero-order valence-corrected chi connectivity index (χ0v) is 20.3. The Kier molecular flexibility index (Phi) is 16.2. The molecule has 0 aromatic carbocycles. The van der Waals surface area contributed by atoms with E-state index in [1.807, 2.05) is 0 Å². The van der Waals surface area contributed by atoms with Crippen LogP contribution in [0.3, 0.4) is 0 Å². The van der Waals surface area contributed by atoms with Crippen LogP contribution in [-0.2, 0) is 38.2 Å². The molecule has 196 valence electrons. The number of nitrogens with two attached hydrogens (primary N) is 1. The Bertz CT molecular complexity index is 783. The van der Waals surface area contributed by atoms with Gasteiger partial charge in [-0.05, 0) is 26.2 Å². The van der Waals surface area contributed by atoms with Gasteiger partial charge in [0.25, 0.3) is 0 Å². The van der Waals surface area contributed by atoms with Gasteiger partial charge in [0.2, 0.25) is 11.8 Å². The van der Waals surface area contributed by atoms with Crippen molar-refractivity contribution in [3.05, 3.63) is 12.7 Å². The van der Waals surface area contributed by atoms with Crippen molar-refractivity contribution in [2.24, 2.45) is 11.7 Å². The second-order valence-corrected chi connectivity index (χ2v) is 7.72. The van der Waals surface area contributed by atoms with Gasteiger partial charge in [-0.2, -0.15) is 0 Å². The number of hydrogen-bond donors (Lipinski definition) is 4. The second-order valence-electron chi connectivity index (χ2n) is 7.72. The molecule has 35 heavy (non-hydrogen) atoms. The summed E-state index contributed by atoms with van der Waals surface area (Å²) < 4.78 is 9.86. The molecule has 2 amide bonds. The summed E-state index contributed by atoms with van der Waals surface area (Å²) in [6.07, 6.45) is 1.56. The summed E-state index contributed by atoms with van der Waals surface area (Å²) in [4.78, 5) is 72.6. The molecule has 3 atom stereocenters. The molecule has 12 heteroatoms. The number of hydrogen-bond acceptors (Lipinski definition) is 10. The molecule has 0 aliphatic carbocycles. The topological polar surface area (TPSA) is 195 Å². The first-order valence-corrected chi connectivity index (χ1v) is 11.4. The number of carbonyl (C=O) groups is 6. The van der Waals surface area contributed by atoms with Gasteiger partial charge in [-0.15, -0.1) is 0 Å². The third-order valence-corrected chi connectivity index (χ3v) is 4.87. The van der Waals surface area contributed by atoms with Crippen molar-refractivity contribution >= 4 is 41.5 Å². The normalized spacial score (nSPS) is 12.9. The Balaban J connectivity index is 5.34. The van der Waals surface area contributed by atoms with Crippen LogP contribution in [-0.4, -0.2) is 73.4 Å². The molecule has 0 aromatic heterocycles. The SMILES string of the molecule is C=CCOC(=O)C(CCC(=O)C=N)NC(=O)C(CCC(=O)CN)NC(=O)CCC(C)C(=O)OCC. The fraction of sp³-hybridized carbons (Fsp3) is 0.609. The highest BCUT2D eigenvalue weighted by Crippen LogP contribution is 2.09. The highest BCUT2D eigenvalue weighted by molar-refractivity contribution is 6.26. The lowest BCUT2D eigenvalue weighted by Gasteiger charge is -2.22. The Hall–Kier alpha value is -3.41. The monoisotopic (exact) mass is 496 g/mol. The number of esters is 2. The number of carbonyl (C=O) groups excluding carboxylic acids is 6. The third-order valence-electron chi connectivity index (χ3n) is 4.87. The van der Waals surface area contributed by atoms with Gasteiger partial charge in [0.15, 0.2) is 5.78 Å². The van der Waals surface area contributed by atoms with Gasteiger partial charge in [0, 0.05) is 19.3 Å². The van der Waals surface area contributed by atoms with E-state index in [4.69, 9.17) is 20.6 Å². The summed E-state index contributed by atoms with van der Waals surface area (Å²) in [7, 11) is 0. The first-order chi connectivity index (χ1) is 16.6. The van der Waals surface area contributed by atoms with Crippen LogP contribution in [0.2, 0.25) is 0 Å². The zero-order valence-electron chi connectivity index (χ0n) is 20.3. The fourth-order valence-corrected chi connectivity index (χ4v) is 2.81. The van der Waals surface area contributed by atoms with Crippen molar-refractivity contribution in [2.75, 3.05) is 19.8 Å². The molecule has 12 nitrogen and oxygen atoms in total. The smallest absolute Gasteiger partial charge is 0.328 e. The Morgan fingerprint density at radius 2 is 1.60 bits per heavy atom. The summed E-state index contributed by atoms with van der Waals surface area (Å²) in [5, 5.41) is 11.9. The molecule has 0 aromatic rings. The molecule has 0 bridgehead atoms. The molecule has 0 saturated carbocycles. The second kappa shape index (κ2) is 18.0. The quantitative estimate of drug-likeness (QED) is 0.108. The molecular formula is C23H36N4O8. The van der Waals surface area contributed by atoms with Crippen molar-refractivity contribution in [1.29, 1.82) is 5.41 Å². The summed E-state index contributed by atoms with van der Waals surface area (Å²) in [6.45, 7) is 6.59. The lowest BCUT2D eigenvalue weighted by molar-refractivity contribution is -0.148. The predicted molar refractivity (Wildman–Crippen MR) is 126 cm³/mol. The van der Waals surface area contributed by atoms with Crippen LogP contribution < -0.4 is 16.4 Å². The summed E-state index contributed by atoms with van der Waals surface area (Å²) in [6, 6.07) is -2.40. The predicted octanol–water partition coefficient (Wildman–Crippen LogP) is -0.0285. The van der Waals surface area contributed by atoms with Crippen molar-refractivity contribution in [1.82, 2.24) is 10.6 Å². The van der Waals surface area contributed by atoms with E-state index in [-0.39, 0.29) is 64.1 Å². The third kappa shape index (κ3) is 13.8. The Morgan fingerprint density at radius 3 is 2.17 bits per heavy atom. The summed E-state index contributed by atoms with van der Waals surface area (Å²) >= 11 is 0. The van der Waals surface area contributed by atoms with Crippen LogP contribution in [0.1, 0.15) is 52.4 Å². The highest BCUT2D eigenvalue weighted by Gasteiger charge is 2.28. The summed E-state index contributed by atoms with van der Waals surface area (Å²) in [5.74, 6) is -3.95. The van der Waals surface area contributed by atoms with Crippen LogP contribution in [0.15, 0.2) is 12.7 Å². The summed E-state index contributed by atoms with van der Waals surface area (Å²) in [5.41, 5.74) is 5.32. The largest absolute Gasteiger partial charge is 0.466 e. The molecule has 0 fully saturated rings. The average molecular weight is 497 g/mol. The van der Waals surface area contributed by atoms with E-state index < -0.39 is 47.5 Å². The van der Waals surface area contributed by atoms with E-state index in [0.717, 1.165) is 0 Å². The van der Waals surface area contributed by atoms with Gasteiger partial charge >= 0.3 is 11.9 Å². The standard InChI is InChI=1S/C23H36N4O8/c1-4-12-35-23(33)19(10-8-17(29)14-25)27-21(31)18(9-7-16(28)13-24)26-20(30)11-6-15(3)22(32)34-5-2/h4,14-15,18-19,25H,1,5-13,24H2,2-3H3,(H,26,30)(H,27,31). The van der Waals surface area contributed by atoms with E-state index in [0.29, 0.717) is 6.21 Å². The maximum absolute atomic E-state index is 12.9. The molecule has 0 rings (SSSR count). The van der Waals surface area contributed by atoms with Crippen LogP contribution in [0, 0.1) is 11.3 Å². The molecular weight excluding hydrogens is 460 g/mol. The van der Waals surface area contributed by atoms with Crippen LogP contribution in [0.4, 0.5) is 0 Å². The van der Waals surface area contributed by atoms with Gasteiger partial charge in [0.1, 0.15) is 24.5 Å². The number of ketones is 2. The molecule has 0 spiro atoms. The number of rotatable bonds is 19. The molecule has 0 aliphatic heterocycles. The molecule has 0 radical (unpaired) electrons. The maximum atomic E-state index is 12.9. The lowest BCUT2D eigenvalue weighted by atomic mass is 10.0. The van der Waals surface area contributed by atoms with Gasteiger partial charge in [0.05, 0.1) is 25.3 Å². The van der Waals surface area contributed by atoms with E-state index in [9.17, 15) is 28.8 Å². The van der Waals surface area contributed by atoms with E-state index >= 15 is 0 Å². The van der Waals surface area contributed by atoms with Crippen molar-refractivity contribution < 1.29 is 38.2 Å². The van der Waals surface area contributed by atoms with Crippen molar-refractivity contribution in [3.8, 4) is 0 Å². The highest BCUT2D eigenvalue weighted by atomic mass is 16.5. The zero-order chi connectivity index (χ0) is 26.8. The minimum atomic E-state index is -1.22. The lowest BCUT2D eigenvalue weighted by Crippen LogP contribution is -2.52.